The molecule has 0 fully saturated rings. The molecule has 2 rings (SSSR count). The molecule has 0 saturated carbocycles. The van der Waals surface area contributed by atoms with Crippen molar-refractivity contribution in [1.82, 2.24) is 9.97 Å². The number of halogens is 1. The number of nitrogens with zero attached hydrogens (tertiary/aromatic N) is 1. The van der Waals surface area contributed by atoms with Gasteiger partial charge in [-0.25, -0.2) is 14.2 Å². The predicted molar refractivity (Wildman–Crippen MR) is 57.5 cm³/mol. The maximum atomic E-state index is 13.1. The number of ether oxygens (including phenoxy) is 1. The average Bonchev–Trinajstić information content (AvgIpc) is 2.78. The highest BCUT2D eigenvalue weighted by atomic mass is 19.1. The second kappa shape index (κ2) is 4.25. The molecule has 6 heteroatoms. The Balaban J connectivity index is 2.51. The van der Waals surface area contributed by atoms with Crippen molar-refractivity contribution < 1.29 is 19.0 Å². The third-order valence-corrected chi connectivity index (χ3v) is 2.23. The van der Waals surface area contributed by atoms with Crippen LogP contribution in [-0.4, -0.2) is 28.2 Å². The van der Waals surface area contributed by atoms with Gasteiger partial charge in [-0.1, -0.05) is 0 Å². The molecule has 2 N–H and O–H groups in total. The number of methoxy groups -OCH3 is 1. The van der Waals surface area contributed by atoms with E-state index in [1.54, 1.807) is 0 Å². The molecule has 0 bridgehead atoms. The summed E-state index contributed by atoms with van der Waals surface area (Å²) in [5, 5.41) is 8.73. The van der Waals surface area contributed by atoms with E-state index < -0.39 is 11.8 Å². The molecule has 2 aromatic rings. The van der Waals surface area contributed by atoms with Crippen molar-refractivity contribution in [1.29, 1.82) is 0 Å². The van der Waals surface area contributed by atoms with Gasteiger partial charge in [-0.3, -0.25) is 0 Å². The van der Waals surface area contributed by atoms with Gasteiger partial charge in [0.05, 0.1) is 19.0 Å². The number of hydrogen-bond acceptors (Lipinski definition) is 3. The summed E-state index contributed by atoms with van der Waals surface area (Å²) in [4.78, 5) is 16.9. The zero-order valence-electron chi connectivity index (χ0n) is 8.90. The third-order valence-electron chi connectivity index (χ3n) is 2.23. The molecule has 1 heterocycles. The number of aromatic nitrogens is 2. The second-order valence-corrected chi connectivity index (χ2v) is 3.30. The van der Waals surface area contributed by atoms with E-state index in [1.807, 2.05) is 0 Å². The lowest BCUT2D eigenvalue weighted by Gasteiger charge is -2.06. The minimum absolute atomic E-state index is 0.202. The smallest absolute Gasteiger partial charge is 0.371 e. The lowest BCUT2D eigenvalue weighted by Crippen LogP contribution is -1.98. The van der Waals surface area contributed by atoms with Gasteiger partial charge in [0, 0.05) is 5.56 Å². The number of rotatable bonds is 3. The molecule has 0 atom stereocenters. The summed E-state index contributed by atoms with van der Waals surface area (Å²) >= 11 is 0. The Morgan fingerprint density at radius 1 is 1.53 bits per heavy atom. The van der Waals surface area contributed by atoms with Crippen LogP contribution in [0, 0.1) is 5.82 Å². The second-order valence-electron chi connectivity index (χ2n) is 3.30. The maximum absolute atomic E-state index is 13.1. The highest BCUT2D eigenvalue weighted by Crippen LogP contribution is 2.29. The molecule has 5 nitrogen and oxygen atoms in total. The van der Waals surface area contributed by atoms with Crippen LogP contribution >= 0.6 is 0 Å². The summed E-state index contributed by atoms with van der Waals surface area (Å²) < 4.78 is 18.2. The number of imidazole rings is 1. The van der Waals surface area contributed by atoms with Crippen molar-refractivity contribution >= 4 is 5.97 Å². The van der Waals surface area contributed by atoms with Crippen LogP contribution in [0.2, 0.25) is 0 Å². The molecular weight excluding hydrogens is 227 g/mol. The number of nitrogens with one attached hydrogen (secondary N) is 1. The van der Waals surface area contributed by atoms with Gasteiger partial charge in [0.1, 0.15) is 11.6 Å². The van der Waals surface area contributed by atoms with Gasteiger partial charge in [0.2, 0.25) is 5.82 Å². The van der Waals surface area contributed by atoms with E-state index in [2.05, 4.69) is 9.97 Å². The Morgan fingerprint density at radius 2 is 2.29 bits per heavy atom. The normalized spacial score (nSPS) is 10.2. The van der Waals surface area contributed by atoms with E-state index in [-0.39, 0.29) is 5.82 Å². The summed E-state index contributed by atoms with van der Waals surface area (Å²) in [6.07, 6.45) is 1.32. The number of aromatic carboxylic acids is 1. The van der Waals surface area contributed by atoms with Crippen molar-refractivity contribution in [3.05, 3.63) is 36.0 Å². The summed E-state index contributed by atoms with van der Waals surface area (Å²) in [6, 6.07) is 3.97. The van der Waals surface area contributed by atoms with Crippen LogP contribution in [0.15, 0.2) is 24.4 Å². The number of H-pyrrole nitrogens is 1. The molecule has 88 valence electrons. The first kappa shape index (κ1) is 11.1. The molecule has 1 aromatic heterocycles. The zero-order chi connectivity index (χ0) is 12.4. The van der Waals surface area contributed by atoms with Gasteiger partial charge in [-0.15, -0.1) is 0 Å². The first-order chi connectivity index (χ1) is 8.11. The summed E-state index contributed by atoms with van der Waals surface area (Å²) in [5.74, 6) is -1.38. The van der Waals surface area contributed by atoms with Gasteiger partial charge in [-0.05, 0) is 18.2 Å². The summed E-state index contributed by atoms with van der Waals surface area (Å²) in [7, 11) is 1.45. The van der Waals surface area contributed by atoms with Crippen LogP contribution in [0.3, 0.4) is 0 Å². The van der Waals surface area contributed by atoms with E-state index >= 15 is 0 Å². The topological polar surface area (TPSA) is 75.2 Å². The highest BCUT2D eigenvalue weighted by Gasteiger charge is 2.13. The molecule has 0 saturated heterocycles. The van der Waals surface area contributed by atoms with E-state index in [0.29, 0.717) is 17.0 Å². The largest absolute Gasteiger partial charge is 0.496 e. The van der Waals surface area contributed by atoms with Crippen molar-refractivity contribution in [3.63, 3.8) is 0 Å². The highest BCUT2D eigenvalue weighted by molar-refractivity contribution is 5.84. The summed E-state index contributed by atoms with van der Waals surface area (Å²) in [6.45, 7) is 0. The average molecular weight is 236 g/mol. The number of carbonyl (C=O) groups is 1. The fourth-order valence-electron chi connectivity index (χ4n) is 1.46. The van der Waals surface area contributed by atoms with Crippen molar-refractivity contribution in [2.75, 3.05) is 7.11 Å². The molecule has 0 aliphatic rings. The number of aromatic amines is 1. The van der Waals surface area contributed by atoms with E-state index in [4.69, 9.17) is 9.84 Å². The molecule has 0 aliphatic carbocycles. The number of carboxylic acids is 1. The standard InChI is InChI=1S/C11H9FN2O3/c1-17-9-3-2-6(12)4-7(9)8-5-13-10(14-8)11(15)16/h2-5H,1H3,(H,13,14)(H,15,16). The lowest BCUT2D eigenvalue weighted by atomic mass is 10.1. The van der Waals surface area contributed by atoms with Gasteiger partial charge >= 0.3 is 5.97 Å². The molecule has 0 radical (unpaired) electrons. The van der Waals surface area contributed by atoms with Crippen LogP contribution in [0.4, 0.5) is 4.39 Å². The first-order valence-corrected chi connectivity index (χ1v) is 4.74. The van der Waals surface area contributed by atoms with Gasteiger partial charge in [-0.2, -0.15) is 0 Å². The SMILES string of the molecule is COc1ccc(F)cc1-c1cnc(C(=O)O)[nH]1. The molecule has 0 aliphatic heterocycles. The Morgan fingerprint density at radius 3 is 2.88 bits per heavy atom. The van der Waals surface area contributed by atoms with Crippen LogP contribution < -0.4 is 4.74 Å². The van der Waals surface area contributed by atoms with Crippen LogP contribution in [-0.2, 0) is 0 Å². The van der Waals surface area contributed by atoms with Crippen molar-refractivity contribution in [2.24, 2.45) is 0 Å². The Kier molecular flexibility index (Phi) is 2.78. The molecule has 1 aromatic carbocycles. The number of carboxylic acid groups (broad SMARTS) is 1. The van der Waals surface area contributed by atoms with Gasteiger partial charge < -0.3 is 14.8 Å². The van der Waals surface area contributed by atoms with E-state index in [9.17, 15) is 9.18 Å². The van der Waals surface area contributed by atoms with E-state index in [0.717, 1.165) is 0 Å². The number of benzene rings is 1. The fourth-order valence-corrected chi connectivity index (χ4v) is 1.46. The quantitative estimate of drug-likeness (QED) is 0.853. The minimum Gasteiger partial charge on any atom is -0.496 e. The molecule has 0 amide bonds. The van der Waals surface area contributed by atoms with Crippen molar-refractivity contribution in [2.45, 2.75) is 0 Å². The van der Waals surface area contributed by atoms with Gasteiger partial charge in [0.15, 0.2) is 0 Å². The zero-order valence-corrected chi connectivity index (χ0v) is 8.90. The van der Waals surface area contributed by atoms with E-state index in [1.165, 1.54) is 31.5 Å². The maximum Gasteiger partial charge on any atom is 0.371 e. The Bertz CT molecular complexity index is 566. The fraction of sp³-hybridized carbons (Fsp3) is 0.0909. The minimum atomic E-state index is -1.17. The lowest BCUT2D eigenvalue weighted by molar-refractivity contribution is 0.0685. The third kappa shape index (κ3) is 2.10. The van der Waals surface area contributed by atoms with Crippen LogP contribution in [0.25, 0.3) is 11.3 Å². The molecule has 0 unspecified atom stereocenters. The van der Waals surface area contributed by atoms with Gasteiger partial charge in [0.25, 0.3) is 0 Å². The van der Waals surface area contributed by atoms with Crippen molar-refractivity contribution in [3.8, 4) is 17.0 Å². The van der Waals surface area contributed by atoms with Crippen LogP contribution in [0.1, 0.15) is 10.6 Å². The Labute approximate surface area is 95.9 Å². The first-order valence-electron chi connectivity index (χ1n) is 4.74. The molecule has 17 heavy (non-hydrogen) atoms. The summed E-state index contributed by atoms with van der Waals surface area (Å²) in [5.41, 5.74) is 0.811. The molecule has 0 spiro atoms. The molecular formula is C11H9FN2O3. The van der Waals surface area contributed by atoms with Crippen LogP contribution in [0.5, 0.6) is 5.75 Å². The Hall–Kier alpha value is -2.37. The number of hydrogen-bond donors (Lipinski definition) is 2. The predicted octanol–water partition coefficient (Wildman–Crippen LogP) is 1.92. The monoisotopic (exact) mass is 236 g/mol.